The van der Waals surface area contributed by atoms with Crippen molar-refractivity contribution < 1.29 is 9.53 Å². The predicted octanol–water partition coefficient (Wildman–Crippen LogP) is 0.479. The molecule has 0 aliphatic rings. The average Bonchev–Trinajstić information content (AvgIpc) is 2.18. The van der Waals surface area contributed by atoms with Crippen molar-refractivity contribution in [2.75, 3.05) is 24.2 Å². The molecule has 15 heavy (non-hydrogen) atoms. The van der Waals surface area contributed by atoms with Gasteiger partial charge in [0.1, 0.15) is 12.4 Å². The third-order valence-corrected chi connectivity index (χ3v) is 1.78. The predicted molar refractivity (Wildman–Crippen MR) is 57.4 cm³/mol. The first-order valence-corrected chi connectivity index (χ1v) is 4.49. The van der Waals surface area contributed by atoms with Gasteiger partial charge in [-0.1, -0.05) is 0 Å². The quantitative estimate of drug-likeness (QED) is 0.627. The Labute approximate surface area is 87.6 Å². The number of nitrogens with zero attached hydrogens (tertiary/aromatic N) is 1. The van der Waals surface area contributed by atoms with Crippen LogP contribution < -0.4 is 16.8 Å². The van der Waals surface area contributed by atoms with E-state index in [1.165, 1.54) is 0 Å². The van der Waals surface area contributed by atoms with Crippen molar-refractivity contribution in [1.29, 1.82) is 0 Å². The van der Waals surface area contributed by atoms with Crippen LogP contribution in [0.4, 0.5) is 16.3 Å². The van der Waals surface area contributed by atoms with Gasteiger partial charge in [0.15, 0.2) is 0 Å². The molecular formula is C9H14N4O2. The number of nitrogens with one attached hydrogen (secondary N) is 1. The number of primary amides is 1. The number of ether oxygens (including phenoxy) is 1. The summed E-state index contributed by atoms with van der Waals surface area (Å²) < 4.78 is 4.54. The fourth-order valence-electron chi connectivity index (χ4n) is 1.00. The summed E-state index contributed by atoms with van der Waals surface area (Å²) in [6, 6.07) is 3.52. The van der Waals surface area contributed by atoms with Crippen molar-refractivity contribution >= 4 is 17.6 Å². The second-order valence-corrected chi connectivity index (χ2v) is 2.97. The van der Waals surface area contributed by atoms with Crippen molar-refractivity contribution in [3.63, 3.8) is 0 Å². The van der Waals surface area contributed by atoms with Crippen LogP contribution in [0.3, 0.4) is 0 Å². The van der Waals surface area contributed by atoms with Gasteiger partial charge in [0, 0.05) is 0 Å². The summed E-state index contributed by atoms with van der Waals surface area (Å²) >= 11 is 0. The lowest BCUT2D eigenvalue weighted by atomic mass is 10.3. The number of nitrogen functional groups attached to an aromatic ring is 1. The zero-order chi connectivity index (χ0) is 11.3. The molecule has 1 aromatic rings. The van der Waals surface area contributed by atoms with Crippen LogP contribution >= 0.6 is 0 Å². The molecule has 0 aliphatic carbocycles. The number of carbonyl (C=O) groups excluding carboxylic acids is 1. The normalized spacial score (nSPS) is 9.67. The van der Waals surface area contributed by atoms with E-state index < -0.39 is 6.09 Å². The van der Waals surface area contributed by atoms with Gasteiger partial charge in [-0.25, -0.2) is 9.78 Å². The van der Waals surface area contributed by atoms with Gasteiger partial charge >= 0.3 is 6.09 Å². The summed E-state index contributed by atoms with van der Waals surface area (Å²) in [5.74, 6) is 0.690. The lowest BCUT2D eigenvalue weighted by Gasteiger charge is -2.07. The minimum absolute atomic E-state index is 0.209. The van der Waals surface area contributed by atoms with Gasteiger partial charge in [0.2, 0.25) is 0 Å². The third-order valence-electron chi connectivity index (χ3n) is 1.78. The highest BCUT2D eigenvalue weighted by atomic mass is 16.5. The number of hydrogen-bond donors (Lipinski definition) is 3. The van der Waals surface area contributed by atoms with Crippen molar-refractivity contribution in [2.24, 2.45) is 5.73 Å². The summed E-state index contributed by atoms with van der Waals surface area (Å²) in [5.41, 5.74) is 11.8. The highest BCUT2D eigenvalue weighted by Gasteiger charge is 1.98. The molecule has 0 saturated heterocycles. The van der Waals surface area contributed by atoms with Crippen LogP contribution in [0.1, 0.15) is 5.69 Å². The van der Waals surface area contributed by atoms with E-state index in [-0.39, 0.29) is 6.61 Å². The molecular weight excluding hydrogens is 196 g/mol. The fourth-order valence-corrected chi connectivity index (χ4v) is 1.00. The van der Waals surface area contributed by atoms with Crippen LogP contribution in [0.5, 0.6) is 0 Å². The molecule has 1 rings (SSSR count). The van der Waals surface area contributed by atoms with E-state index in [0.717, 1.165) is 5.69 Å². The number of aromatic nitrogens is 1. The van der Waals surface area contributed by atoms with Crippen LogP contribution in [0.15, 0.2) is 12.1 Å². The van der Waals surface area contributed by atoms with E-state index in [1.54, 1.807) is 12.1 Å². The Morgan fingerprint density at radius 3 is 2.93 bits per heavy atom. The first-order valence-electron chi connectivity index (χ1n) is 4.49. The van der Waals surface area contributed by atoms with Gasteiger partial charge < -0.3 is 21.5 Å². The molecule has 0 saturated carbocycles. The van der Waals surface area contributed by atoms with Gasteiger partial charge in [-0.2, -0.15) is 0 Å². The van der Waals surface area contributed by atoms with Crippen LogP contribution in [-0.2, 0) is 4.74 Å². The van der Waals surface area contributed by atoms with Crippen LogP contribution in [-0.4, -0.2) is 24.2 Å². The number of hydrogen-bond acceptors (Lipinski definition) is 5. The Balaban J connectivity index is 2.38. The van der Waals surface area contributed by atoms with Crippen molar-refractivity contribution in [3.8, 4) is 0 Å². The maximum absolute atomic E-state index is 10.2. The highest BCUT2D eigenvalue weighted by molar-refractivity contribution is 5.64. The van der Waals surface area contributed by atoms with E-state index >= 15 is 0 Å². The first-order chi connectivity index (χ1) is 7.09. The number of nitrogens with two attached hydrogens (primary N) is 2. The maximum Gasteiger partial charge on any atom is 0.404 e. The molecule has 82 valence electrons. The summed E-state index contributed by atoms with van der Waals surface area (Å²) in [4.78, 5) is 14.4. The van der Waals surface area contributed by atoms with Crippen molar-refractivity contribution in [1.82, 2.24) is 4.98 Å². The minimum atomic E-state index is -0.779. The number of aryl methyl sites for hydroxylation is 1. The SMILES string of the molecule is Cc1nc(NCCOC(N)=O)ccc1N. The Morgan fingerprint density at radius 2 is 2.33 bits per heavy atom. The largest absolute Gasteiger partial charge is 0.448 e. The smallest absolute Gasteiger partial charge is 0.404 e. The van der Waals surface area contributed by atoms with Gasteiger partial charge in [-0.05, 0) is 19.1 Å². The molecule has 1 aromatic heterocycles. The summed E-state index contributed by atoms with van der Waals surface area (Å²) in [5, 5.41) is 2.97. The molecule has 0 spiro atoms. The Hall–Kier alpha value is -1.98. The second kappa shape index (κ2) is 5.04. The number of carbonyl (C=O) groups is 1. The Morgan fingerprint density at radius 1 is 1.60 bits per heavy atom. The second-order valence-electron chi connectivity index (χ2n) is 2.97. The van der Waals surface area contributed by atoms with Gasteiger partial charge in [-0.3, -0.25) is 0 Å². The number of anilines is 2. The topological polar surface area (TPSA) is 103 Å². The highest BCUT2D eigenvalue weighted by Crippen LogP contribution is 2.11. The van der Waals surface area contributed by atoms with Crippen LogP contribution in [0, 0.1) is 6.92 Å². The third kappa shape index (κ3) is 3.72. The average molecular weight is 210 g/mol. The molecule has 0 fully saturated rings. The number of pyridine rings is 1. The molecule has 0 bridgehead atoms. The molecule has 1 amide bonds. The molecule has 0 radical (unpaired) electrons. The summed E-state index contributed by atoms with van der Waals surface area (Å²) in [6.07, 6.45) is -0.779. The summed E-state index contributed by atoms with van der Waals surface area (Å²) in [6.45, 7) is 2.49. The Bertz CT molecular complexity index is 354. The van der Waals surface area contributed by atoms with Crippen LogP contribution in [0.25, 0.3) is 0 Å². The summed E-state index contributed by atoms with van der Waals surface area (Å²) in [7, 11) is 0. The molecule has 6 nitrogen and oxygen atoms in total. The van der Waals surface area contributed by atoms with E-state index in [0.29, 0.717) is 18.1 Å². The van der Waals surface area contributed by atoms with E-state index in [1.807, 2.05) is 6.92 Å². The van der Waals surface area contributed by atoms with Gasteiger partial charge in [-0.15, -0.1) is 0 Å². The monoisotopic (exact) mass is 210 g/mol. The van der Waals surface area contributed by atoms with Gasteiger partial charge in [0.25, 0.3) is 0 Å². The molecule has 0 aliphatic heterocycles. The molecule has 0 unspecified atom stereocenters. The van der Waals surface area contributed by atoms with E-state index in [9.17, 15) is 4.79 Å². The van der Waals surface area contributed by atoms with E-state index in [4.69, 9.17) is 11.5 Å². The Kier molecular flexibility index (Phi) is 3.73. The van der Waals surface area contributed by atoms with Crippen molar-refractivity contribution in [3.05, 3.63) is 17.8 Å². The lowest BCUT2D eigenvalue weighted by molar-refractivity contribution is 0.161. The molecule has 5 N–H and O–H groups in total. The molecule has 0 atom stereocenters. The molecule has 6 heteroatoms. The van der Waals surface area contributed by atoms with Crippen molar-refractivity contribution in [2.45, 2.75) is 6.92 Å². The standard InChI is InChI=1S/C9H14N4O2/c1-6-7(10)2-3-8(13-6)12-4-5-15-9(11)14/h2-3H,4-5,10H2,1H3,(H2,11,14)(H,12,13). The number of amides is 1. The number of rotatable bonds is 4. The fraction of sp³-hybridized carbons (Fsp3) is 0.333. The van der Waals surface area contributed by atoms with Gasteiger partial charge in [0.05, 0.1) is 17.9 Å². The van der Waals surface area contributed by atoms with E-state index in [2.05, 4.69) is 15.0 Å². The maximum atomic E-state index is 10.2. The first kappa shape index (κ1) is 11.1. The zero-order valence-electron chi connectivity index (χ0n) is 8.49. The molecule has 0 aromatic carbocycles. The van der Waals surface area contributed by atoms with Crippen LogP contribution in [0.2, 0.25) is 0 Å². The molecule has 1 heterocycles. The lowest BCUT2D eigenvalue weighted by Crippen LogP contribution is -2.18. The minimum Gasteiger partial charge on any atom is -0.448 e. The zero-order valence-corrected chi connectivity index (χ0v) is 8.49.